The van der Waals surface area contributed by atoms with Crippen molar-refractivity contribution in [1.82, 2.24) is 4.57 Å². The topological polar surface area (TPSA) is 42.3 Å². The van der Waals surface area contributed by atoms with Crippen molar-refractivity contribution in [3.05, 3.63) is 65.9 Å². The van der Waals surface area contributed by atoms with E-state index in [1.54, 1.807) is 6.07 Å². The molecule has 0 atom stereocenters. The third-order valence-corrected chi connectivity index (χ3v) is 4.13. The zero-order valence-corrected chi connectivity index (χ0v) is 14.1. The quantitative estimate of drug-likeness (QED) is 0.734. The average Bonchev–Trinajstić information content (AvgIpc) is 2.93. The van der Waals surface area contributed by atoms with Crippen LogP contribution in [0.2, 0.25) is 0 Å². The highest BCUT2D eigenvalue weighted by atomic mass is 16.2. The summed E-state index contributed by atoms with van der Waals surface area (Å²) in [4.78, 5) is 24.9. The molecule has 0 spiro atoms. The lowest BCUT2D eigenvalue weighted by Crippen LogP contribution is -2.33. The number of fused-ring (bicyclic) bond motifs is 1. The van der Waals surface area contributed by atoms with Crippen molar-refractivity contribution in [3.8, 4) is 0 Å². The lowest BCUT2D eigenvalue weighted by molar-refractivity contribution is -0.124. The van der Waals surface area contributed by atoms with Gasteiger partial charge in [-0.2, -0.15) is 0 Å². The average molecular weight is 320 g/mol. The Balaban J connectivity index is 2.04. The van der Waals surface area contributed by atoms with E-state index >= 15 is 0 Å². The highest BCUT2D eigenvalue weighted by Gasteiger charge is 2.19. The van der Waals surface area contributed by atoms with Gasteiger partial charge in [-0.25, -0.2) is 0 Å². The minimum atomic E-state index is -0.277. The van der Waals surface area contributed by atoms with Gasteiger partial charge in [-0.1, -0.05) is 35.9 Å². The molecule has 24 heavy (non-hydrogen) atoms. The maximum Gasteiger partial charge on any atom is 0.230 e. The van der Waals surface area contributed by atoms with E-state index in [1.165, 1.54) is 29.9 Å². The summed E-state index contributed by atoms with van der Waals surface area (Å²) in [6, 6.07) is 16.1. The van der Waals surface area contributed by atoms with E-state index in [-0.39, 0.29) is 11.8 Å². The molecule has 122 valence electrons. The molecule has 0 aliphatic heterocycles. The molecule has 0 fully saturated rings. The lowest BCUT2D eigenvalue weighted by Gasteiger charge is -2.18. The van der Waals surface area contributed by atoms with Crippen LogP contribution in [0, 0.1) is 6.92 Å². The van der Waals surface area contributed by atoms with E-state index < -0.39 is 0 Å². The zero-order chi connectivity index (χ0) is 17.3. The number of imide groups is 1. The Morgan fingerprint density at radius 1 is 0.958 bits per heavy atom. The van der Waals surface area contributed by atoms with Gasteiger partial charge in [0.25, 0.3) is 0 Å². The molecule has 4 heteroatoms. The molecule has 0 bridgehead atoms. The van der Waals surface area contributed by atoms with Crippen LogP contribution in [0.3, 0.4) is 0 Å². The van der Waals surface area contributed by atoms with Crippen molar-refractivity contribution >= 4 is 28.4 Å². The number of carbonyl (C=O) groups excluding carboxylic acids is 2. The van der Waals surface area contributed by atoms with Crippen LogP contribution in [0.25, 0.3) is 10.9 Å². The molecule has 3 aromatic rings. The predicted molar refractivity (Wildman–Crippen MR) is 96.1 cm³/mol. The summed E-state index contributed by atoms with van der Waals surface area (Å²) in [5.74, 6) is -0.553. The number of nitrogens with zero attached hydrogens (tertiary/aromatic N) is 2. The lowest BCUT2D eigenvalue weighted by atomic mass is 10.1. The summed E-state index contributed by atoms with van der Waals surface area (Å²) >= 11 is 0. The van der Waals surface area contributed by atoms with Crippen molar-refractivity contribution in [1.29, 1.82) is 0 Å². The fraction of sp³-hybridized carbons (Fsp3) is 0.200. The second kappa shape index (κ2) is 6.32. The molecule has 0 aliphatic carbocycles. The number of carbonyl (C=O) groups is 2. The first kappa shape index (κ1) is 16.0. The number of aromatic nitrogens is 1. The van der Waals surface area contributed by atoms with Gasteiger partial charge in [0.05, 0.1) is 11.2 Å². The fourth-order valence-corrected chi connectivity index (χ4v) is 2.99. The van der Waals surface area contributed by atoms with Crippen LogP contribution in [-0.4, -0.2) is 16.4 Å². The van der Waals surface area contributed by atoms with Crippen LogP contribution in [-0.2, 0) is 16.1 Å². The van der Waals surface area contributed by atoms with Crippen LogP contribution < -0.4 is 4.90 Å². The highest BCUT2D eigenvalue weighted by molar-refractivity contribution is 6.17. The standard InChI is InChI=1S/C20H20N2O2/c1-14-7-9-17(10-8-14)13-21-12-11-18-19(21)5-4-6-20(18)22(15(2)23)16(3)24/h4-12H,13H2,1-3H3. The first-order valence-corrected chi connectivity index (χ1v) is 7.92. The van der Waals surface area contributed by atoms with Crippen molar-refractivity contribution in [3.63, 3.8) is 0 Å². The van der Waals surface area contributed by atoms with Gasteiger partial charge in [0.2, 0.25) is 11.8 Å². The van der Waals surface area contributed by atoms with E-state index in [4.69, 9.17) is 0 Å². The molecule has 0 N–H and O–H groups in total. The Morgan fingerprint density at radius 2 is 1.62 bits per heavy atom. The molecule has 4 nitrogen and oxygen atoms in total. The molecule has 0 unspecified atom stereocenters. The normalized spacial score (nSPS) is 10.8. The summed E-state index contributed by atoms with van der Waals surface area (Å²) in [6.07, 6.45) is 1.99. The maximum absolute atomic E-state index is 11.9. The number of amides is 2. The van der Waals surface area contributed by atoms with Gasteiger partial charge < -0.3 is 4.57 Å². The molecular weight excluding hydrogens is 300 g/mol. The van der Waals surface area contributed by atoms with E-state index in [0.29, 0.717) is 5.69 Å². The molecular formula is C20H20N2O2. The van der Waals surface area contributed by atoms with Crippen molar-refractivity contribution in [2.24, 2.45) is 0 Å². The highest BCUT2D eigenvalue weighted by Crippen LogP contribution is 2.28. The minimum Gasteiger partial charge on any atom is -0.343 e. The Hall–Kier alpha value is -2.88. The first-order valence-electron chi connectivity index (χ1n) is 7.92. The van der Waals surface area contributed by atoms with Gasteiger partial charge in [0.1, 0.15) is 0 Å². The molecule has 0 aliphatic rings. The minimum absolute atomic E-state index is 0.277. The van der Waals surface area contributed by atoms with Crippen LogP contribution in [0.5, 0.6) is 0 Å². The largest absolute Gasteiger partial charge is 0.343 e. The molecule has 0 radical (unpaired) electrons. The molecule has 1 aromatic heterocycles. The molecule has 1 heterocycles. The maximum atomic E-state index is 11.9. The Morgan fingerprint density at radius 3 is 2.25 bits per heavy atom. The Kier molecular flexibility index (Phi) is 4.21. The number of hydrogen-bond donors (Lipinski definition) is 0. The van der Waals surface area contributed by atoms with Crippen LogP contribution >= 0.6 is 0 Å². The number of rotatable bonds is 3. The van der Waals surface area contributed by atoms with Crippen molar-refractivity contribution in [2.75, 3.05) is 4.90 Å². The van der Waals surface area contributed by atoms with Gasteiger partial charge in [-0.3, -0.25) is 14.5 Å². The molecule has 2 amide bonds. The van der Waals surface area contributed by atoms with Crippen LogP contribution in [0.4, 0.5) is 5.69 Å². The predicted octanol–water partition coefficient (Wildman–Crippen LogP) is 3.90. The number of benzene rings is 2. The van der Waals surface area contributed by atoms with E-state index in [9.17, 15) is 9.59 Å². The van der Waals surface area contributed by atoms with Crippen molar-refractivity contribution in [2.45, 2.75) is 27.3 Å². The van der Waals surface area contributed by atoms with Crippen molar-refractivity contribution < 1.29 is 9.59 Å². The van der Waals surface area contributed by atoms with Gasteiger partial charge in [-0.05, 0) is 30.7 Å². The van der Waals surface area contributed by atoms with Gasteiger partial charge >= 0.3 is 0 Å². The van der Waals surface area contributed by atoms with E-state index in [2.05, 4.69) is 35.8 Å². The van der Waals surface area contributed by atoms with Crippen LogP contribution in [0.1, 0.15) is 25.0 Å². The SMILES string of the molecule is CC(=O)N(C(C)=O)c1cccc2c1ccn2Cc1ccc(C)cc1. The third kappa shape index (κ3) is 2.95. The monoisotopic (exact) mass is 320 g/mol. The molecule has 2 aromatic carbocycles. The number of hydrogen-bond acceptors (Lipinski definition) is 2. The second-order valence-corrected chi connectivity index (χ2v) is 6.01. The van der Waals surface area contributed by atoms with Gasteiger partial charge in [-0.15, -0.1) is 0 Å². The number of anilines is 1. The summed E-state index contributed by atoms with van der Waals surface area (Å²) in [6.45, 7) is 5.62. The third-order valence-electron chi connectivity index (χ3n) is 4.13. The van der Waals surface area contributed by atoms with Gasteiger partial charge in [0.15, 0.2) is 0 Å². The second-order valence-electron chi connectivity index (χ2n) is 6.01. The summed E-state index contributed by atoms with van der Waals surface area (Å²) in [5, 5.41) is 0.898. The summed E-state index contributed by atoms with van der Waals surface area (Å²) in [7, 11) is 0. The van der Waals surface area contributed by atoms with Gasteiger partial charge in [0, 0.05) is 32.0 Å². The molecule has 0 saturated carbocycles. The Bertz CT molecular complexity index is 893. The smallest absolute Gasteiger partial charge is 0.230 e. The van der Waals surface area contributed by atoms with Crippen LogP contribution in [0.15, 0.2) is 54.7 Å². The fourth-order valence-electron chi connectivity index (χ4n) is 2.99. The zero-order valence-electron chi connectivity index (χ0n) is 14.1. The molecule has 3 rings (SSSR count). The summed E-state index contributed by atoms with van der Waals surface area (Å²) < 4.78 is 2.13. The summed E-state index contributed by atoms with van der Waals surface area (Å²) in [5.41, 5.74) is 4.08. The Labute approximate surface area is 141 Å². The number of aryl methyl sites for hydroxylation is 1. The van der Waals surface area contributed by atoms with E-state index in [1.807, 2.05) is 24.4 Å². The van der Waals surface area contributed by atoms with E-state index in [0.717, 1.165) is 17.4 Å². The molecule has 0 saturated heterocycles. The first-order chi connectivity index (χ1) is 11.5.